The number of piperidine rings is 1. The minimum absolute atomic E-state index is 0.0179. The zero-order valence-corrected chi connectivity index (χ0v) is 10.5. The van der Waals surface area contributed by atoms with Crippen molar-refractivity contribution in [3.05, 3.63) is 0 Å². The van der Waals surface area contributed by atoms with E-state index in [-0.39, 0.29) is 6.03 Å². The molecule has 0 aromatic rings. The summed E-state index contributed by atoms with van der Waals surface area (Å²) < 4.78 is 0. The number of urea groups is 1. The Labute approximate surface area is 103 Å². The highest BCUT2D eigenvalue weighted by atomic mass is 16.2. The van der Waals surface area contributed by atoms with Crippen LogP contribution in [0, 0.1) is 0 Å². The molecule has 17 heavy (non-hydrogen) atoms. The van der Waals surface area contributed by atoms with Crippen LogP contribution in [0.2, 0.25) is 0 Å². The number of likely N-dealkylation sites (tertiary alicyclic amines) is 1. The van der Waals surface area contributed by atoms with Crippen molar-refractivity contribution in [2.75, 3.05) is 39.3 Å². The van der Waals surface area contributed by atoms with E-state index in [1.54, 1.807) is 0 Å². The lowest BCUT2D eigenvalue weighted by molar-refractivity contribution is 0.219. The maximum absolute atomic E-state index is 11.6. The Morgan fingerprint density at radius 3 is 2.82 bits per heavy atom. The monoisotopic (exact) mass is 240 g/mol. The minimum Gasteiger partial charge on any atom is -0.337 e. The number of rotatable bonds is 4. The van der Waals surface area contributed by atoms with Crippen LogP contribution in [-0.4, -0.2) is 56.2 Å². The fraction of sp³-hybridized carbons (Fsp3) is 0.917. The summed E-state index contributed by atoms with van der Waals surface area (Å²) in [6, 6.07) is 0.292. The lowest BCUT2D eigenvalue weighted by atomic mass is 10.1. The lowest BCUT2D eigenvalue weighted by Gasteiger charge is -2.26. The molecule has 2 aliphatic heterocycles. The average Bonchev–Trinajstić information content (AvgIpc) is 2.83. The predicted molar refractivity (Wildman–Crippen MR) is 68.1 cm³/mol. The van der Waals surface area contributed by atoms with Crippen LogP contribution < -0.4 is 16.0 Å². The Morgan fingerprint density at radius 1 is 1.29 bits per heavy atom. The van der Waals surface area contributed by atoms with Gasteiger partial charge < -0.3 is 20.9 Å². The second kappa shape index (κ2) is 6.81. The van der Waals surface area contributed by atoms with Gasteiger partial charge in [-0.3, -0.25) is 0 Å². The fourth-order valence-corrected chi connectivity index (χ4v) is 2.52. The maximum Gasteiger partial charge on any atom is 0.315 e. The van der Waals surface area contributed by atoms with E-state index in [9.17, 15) is 4.79 Å². The highest BCUT2D eigenvalue weighted by molar-refractivity contribution is 5.74. The van der Waals surface area contributed by atoms with Gasteiger partial charge in [0.25, 0.3) is 0 Å². The van der Waals surface area contributed by atoms with Crippen LogP contribution in [0.15, 0.2) is 0 Å². The van der Waals surface area contributed by atoms with Crippen molar-refractivity contribution in [1.29, 1.82) is 0 Å². The van der Waals surface area contributed by atoms with E-state index in [1.807, 2.05) is 0 Å². The van der Waals surface area contributed by atoms with Gasteiger partial charge in [0.2, 0.25) is 0 Å². The second-order valence-electron chi connectivity index (χ2n) is 4.99. The van der Waals surface area contributed by atoms with Crippen LogP contribution in [0.3, 0.4) is 0 Å². The van der Waals surface area contributed by atoms with E-state index >= 15 is 0 Å². The van der Waals surface area contributed by atoms with Gasteiger partial charge in [0, 0.05) is 25.7 Å². The maximum atomic E-state index is 11.6. The molecule has 2 aliphatic rings. The molecule has 0 aromatic heterocycles. The van der Waals surface area contributed by atoms with E-state index < -0.39 is 0 Å². The van der Waals surface area contributed by atoms with Crippen molar-refractivity contribution >= 4 is 6.03 Å². The van der Waals surface area contributed by atoms with Gasteiger partial charge in [-0.1, -0.05) is 6.42 Å². The van der Waals surface area contributed by atoms with Crippen molar-refractivity contribution in [2.24, 2.45) is 0 Å². The molecule has 98 valence electrons. The molecule has 5 nitrogen and oxygen atoms in total. The van der Waals surface area contributed by atoms with Crippen molar-refractivity contribution in [2.45, 2.75) is 31.7 Å². The number of nitrogens with one attached hydrogen (secondary N) is 3. The molecule has 2 rings (SSSR count). The summed E-state index contributed by atoms with van der Waals surface area (Å²) >= 11 is 0. The number of carbonyl (C=O) groups is 1. The molecule has 3 N–H and O–H groups in total. The zero-order valence-electron chi connectivity index (χ0n) is 10.5. The van der Waals surface area contributed by atoms with Crippen LogP contribution in [-0.2, 0) is 0 Å². The molecule has 0 aromatic carbocycles. The van der Waals surface area contributed by atoms with Crippen LogP contribution in [0.1, 0.15) is 25.7 Å². The Morgan fingerprint density at radius 2 is 2.12 bits per heavy atom. The van der Waals surface area contributed by atoms with Gasteiger partial charge in [-0.25, -0.2) is 4.79 Å². The Kier molecular flexibility index (Phi) is 5.07. The van der Waals surface area contributed by atoms with E-state index in [4.69, 9.17) is 0 Å². The summed E-state index contributed by atoms with van der Waals surface area (Å²) in [4.78, 5) is 14.0. The lowest BCUT2D eigenvalue weighted by Crippen LogP contribution is -2.45. The van der Waals surface area contributed by atoms with Gasteiger partial charge in [0.15, 0.2) is 0 Å². The fourth-order valence-electron chi connectivity index (χ4n) is 2.52. The number of nitrogens with zero attached hydrogens (tertiary/aromatic N) is 1. The molecular weight excluding hydrogens is 216 g/mol. The summed E-state index contributed by atoms with van der Waals surface area (Å²) in [7, 11) is 0. The largest absolute Gasteiger partial charge is 0.337 e. The van der Waals surface area contributed by atoms with E-state index in [0.29, 0.717) is 6.04 Å². The third-order valence-corrected chi connectivity index (χ3v) is 3.56. The molecule has 0 aliphatic carbocycles. The number of hydrogen-bond acceptors (Lipinski definition) is 3. The summed E-state index contributed by atoms with van der Waals surface area (Å²) in [5.41, 5.74) is 0. The van der Waals surface area contributed by atoms with E-state index in [2.05, 4.69) is 20.9 Å². The van der Waals surface area contributed by atoms with Crippen LogP contribution in [0.25, 0.3) is 0 Å². The molecule has 2 amide bonds. The topological polar surface area (TPSA) is 56.4 Å². The third kappa shape index (κ3) is 4.52. The molecule has 1 unspecified atom stereocenters. The van der Waals surface area contributed by atoms with Gasteiger partial charge in [0.1, 0.15) is 0 Å². The standard InChI is InChI=1S/C12H24N4O/c17-12(15-11-4-5-13-10-11)14-6-9-16-7-2-1-3-8-16/h11,13H,1-10H2,(H2,14,15,17). The molecule has 0 spiro atoms. The summed E-state index contributed by atoms with van der Waals surface area (Å²) in [5, 5.41) is 9.16. The van der Waals surface area contributed by atoms with Crippen LogP contribution >= 0.6 is 0 Å². The molecule has 2 saturated heterocycles. The zero-order chi connectivity index (χ0) is 11.9. The molecule has 5 heteroatoms. The van der Waals surface area contributed by atoms with Crippen molar-refractivity contribution in [1.82, 2.24) is 20.9 Å². The SMILES string of the molecule is O=C(NCCN1CCCCC1)NC1CCNC1. The molecule has 2 fully saturated rings. The Bertz CT molecular complexity index is 235. The van der Waals surface area contributed by atoms with Crippen molar-refractivity contribution in [3.8, 4) is 0 Å². The molecule has 0 radical (unpaired) electrons. The minimum atomic E-state index is -0.0179. The van der Waals surface area contributed by atoms with Crippen LogP contribution in [0.5, 0.6) is 0 Å². The molecule has 0 saturated carbocycles. The molecule has 0 bridgehead atoms. The average molecular weight is 240 g/mol. The Hall–Kier alpha value is -0.810. The smallest absolute Gasteiger partial charge is 0.315 e. The van der Waals surface area contributed by atoms with Gasteiger partial charge in [-0.05, 0) is 38.9 Å². The van der Waals surface area contributed by atoms with Gasteiger partial charge >= 0.3 is 6.03 Å². The van der Waals surface area contributed by atoms with Gasteiger partial charge in [-0.2, -0.15) is 0 Å². The first-order valence-electron chi connectivity index (χ1n) is 6.82. The third-order valence-electron chi connectivity index (χ3n) is 3.56. The highest BCUT2D eigenvalue weighted by Gasteiger charge is 2.16. The van der Waals surface area contributed by atoms with Crippen molar-refractivity contribution < 1.29 is 4.79 Å². The molecule has 1 atom stereocenters. The van der Waals surface area contributed by atoms with Gasteiger partial charge in [-0.15, -0.1) is 0 Å². The summed E-state index contributed by atoms with van der Waals surface area (Å²) in [6.07, 6.45) is 5.01. The second-order valence-corrected chi connectivity index (χ2v) is 4.99. The van der Waals surface area contributed by atoms with E-state index in [1.165, 1.54) is 32.4 Å². The summed E-state index contributed by atoms with van der Waals surface area (Å²) in [5.74, 6) is 0. The first kappa shape index (κ1) is 12.6. The quantitative estimate of drug-likeness (QED) is 0.655. The normalized spacial score (nSPS) is 25.8. The Balaban J connectivity index is 1.53. The van der Waals surface area contributed by atoms with Crippen molar-refractivity contribution in [3.63, 3.8) is 0 Å². The molecular formula is C12H24N4O. The predicted octanol–water partition coefficient (Wildman–Crippen LogP) is 0.133. The van der Waals surface area contributed by atoms with E-state index in [0.717, 1.165) is 32.6 Å². The van der Waals surface area contributed by atoms with Gasteiger partial charge in [0.05, 0.1) is 0 Å². The first-order chi connectivity index (χ1) is 8.34. The molecule has 2 heterocycles. The number of hydrogen-bond donors (Lipinski definition) is 3. The van der Waals surface area contributed by atoms with Crippen LogP contribution in [0.4, 0.5) is 4.79 Å². The highest BCUT2D eigenvalue weighted by Crippen LogP contribution is 2.07. The number of carbonyl (C=O) groups excluding carboxylic acids is 1. The summed E-state index contributed by atoms with van der Waals surface area (Å²) in [6.45, 7) is 6.03. The first-order valence-corrected chi connectivity index (χ1v) is 6.82. The number of amides is 2.